The van der Waals surface area contributed by atoms with E-state index < -0.39 is 6.04 Å². The van der Waals surface area contributed by atoms with Crippen LogP contribution in [0.1, 0.15) is 43.4 Å². The van der Waals surface area contributed by atoms with E-state index in [-0.39, 0.29) is 27.9 Å². The molecule has 1 saturated carbocycles. The molecule has 1 saturated heterocycles. The monoisotopic (exact) mass is 429 g/mol. The van der Waals surface area contributed by atoms with Gasteiger partial charge in [0.2, 0.25) is 0 Å². The van der Waals surface area contributed by atoms with E-state index in [0.717, 1.165) is 30.4 Å². The zero-order valence-electron chi connectivity index (χ0n) is 16.3. The second-order valence-corrected chi connectivity index (χ2v) is 9.89. The lowest BCUT2D eigenvalue weighted by Gasteiger charge is -2.38. The fraction of sp³-hybridized carbons (Fsp3) is 0.391. The number of halogens is 1. The van der Waals surface area contributed by atoms with Crippen LogP contribution < -0.4 is 0 Å². The molecule has 1 aliphatic carbocycles. The number of ketones is 1. The zero-order valence-corrected chi connectivity index (χ0v) is 18.0. The van der Waals surface area contributed by atoms with Crippen LogP contribution in [0.15, 0.2) is 46.7 Å². The molecule has 152 valence electrons. The van der Waals surface area contributed by atoms with Crippen LogP contribution in [0.4, 0.5) is 4.39 Å². The molecule has 0 spiro atoms. The summed E-state index contributed by atoms with van der Waals surface area (Å²) in [6.07, 6.45) is 4.70. The van der Waals surface area contributed by atoms with Crippen LogP contribution in [-0.4, -0.2) is 34.1 Å². The molecule has 29 heavy (non-hydrogen) atoms. The lowest BCUT2D eigenvalue weighted by Crippen LogP contribution is -2.43. The smallest absolute Gasteiger partial charge is 0.186 e. The van der Waals surface area contributed by atoms with Gasteiger partial charge in [0, 0.05) is 36.7 Å². The standard InChI is InChI=1S/C23H24FNO2S2/c1-15(26)29-21-8-10-25(13-18(21)12-16-9-11-28-14-16)22(23(27)17-6-7-17)19-4-2-3-5-20(19)24/h2-5,9,11-12,14,17,21-22H,6-8,10,13H2,1H3/b18-12+. The molecular formula is C23H24FNO2S2. The van der Waals surface area contributed by atoms with Crippen molar-refractivity contribution in [2.45, 2.75) is 37.5 Å². The average molecular weight is 430 g/mol. The van der Waals surface area contributed by atoms with E-state index in [4.69, 9.17) is 0 Å². The number of rotatable bonds is 6. The van der Waals surface area contributed by atoms with Gasteiger partial charge in [0.15, 0.2) is 10.9 Å². The molecule has 2 atom stereocenters. The first-order valence-electron chi connectivity index (χ1n) is 9.95. The third kappa shape index (κ3) is 4.87. The molecule has 0 bridgehead atoms. The SMILES string of the molecule is CC(=O)SC1CCN(C(C(=O)C2CC2)c2ccccc2F)C/C1=C\c1ccsc1. The number of nitrogens with zero attached hydrogens (tertiary/aromatic N) is 1. The maximum atomic E-state index is 14.6. The predicted octanol–water partition coefficient (Wildman–Crippen LogP) is 5.35. The minimum absolute atomic E-state index is 0.0493. The molecule has 0 N–H and O–H groups in total. The van der Waals surface area contributed by atoms with E-state index in [1.54, 1.807) is 36.5 Å². The van der Waals surface area contributed by atoms with Gasteiger partial charge in [0.05, 0.1) is 6.04 Å². The van der Waals surface area contributed by atoms with Gasteiger partial charge in [-0.25, -0.2) is 4.39 Å². The van der Waals surface area contributed by atoms with Gasteiger partial charge in [-0.15, -0.1) is 0 Å². The van der Waals surface area contributed by atoms with E-state index in [1.807, 2.05) is 5.38 Å². The van der Waals surface area contributed by atoms with Gasteiger partial charge in [-0.3, -0.25) is 14.5 Å². The summed E-state index contributed by atoms with van der Waals surface area (Å²) in [5.74, 6) is -0.147. The fourth-order valence-electron chi connectivity index (χ4n) is 3.97. The van der Waals surface area contributed by atoms with E-state index in [0.29, 0.717) is 18.7 Å². The molecule has 2 aromatic rings. The summed E-state index contributed by atoms with van der Waals surface area (Å²) in [6.45, 7) is 2.83. The van der Waals surface area contributed by atoms with Gasteiger partial charge in [-0.05, 0) is 53.3 Å². The quantitative estimate of drug-likeness (QED) is 0.621. The van der Waals surface area contributed by atoms with Crippen molar-refractivity contribution in [2.24, 2.45) is 5.92 Å². The van der Waals surface area contributed by atoms with E-state index >= 15 is 0 Å². The summed E-state index contributed by atoms with van der Waals surface area (Å²) < 4.78 is 14.6. The van der Waals surface area contributed by atoms with Gasteiger partial charge < -0.3 is 0 Å². The van der Waals surface area contributed by atoms with Crippen molar-refractivity contribution in [1.29, 1.82) is 0 Å². The molecule has 2 heterocycles. The van der Waals surface area contributed by atoms with Crippen LogP contribution in [0.25, 0.3) is 6.08 Å². The molecule has 6 heteroatoms. The number of carbonyl (C=O) groups is 2. The first-order valence-corrected chi connectivity index (χ1v) is 11.8. The van der Waals surface area contributed by atoms with Crippen LogP contribution in [0.3, 0.4) is 0 Å². The maximum Gasteiger partial charge on any atom is 0.186 e. The number of carbonyl (C=O) groups excluding carboxylic acids is 2. The first-order chi connectivity index (χ1) is 14.0. The summed E-state index contributed by atoms with van der Waals surface area (Å²) >= 11 is 2.99. The van der Waals surface area contributed by atoms with Gasteiger partial charge >= 0.3 is 0 Å². The van der Waals surface area contributed by atoms with Gasteiger partial charge in [-0.1, -0.05) is 36.0 Å². The van der Waals surface area contributed by atoms with Crippen molar-refractivity contribution >= 4 is 40.1 Å². The average Bonchev–Trinajstić information content (AvgIpc) is 3.42. The maximum absolute atomic E-state index is 14.6. The number of thioether (sulfide) groups is 1. The van der Waals surface area contributed by atoms with E-state index in [9.17, 15) is 14.0 Å². The van der Waals surface area contributed by atoms with Crippen molar-refractivity contribution < 1.29 is 14.0 Å². The zero-order chi connectivity index (χ0) is 20.4. The molecule has 4 rings (SSSR count). The lowest BCUT2D eigenvalue weighted by molar-refractivity contribution is -0.126. The van der Waals surface area contributed by atoms with Crippen LogP contribution in [0.5, 0.6) is 0 Å². The Morgan fingerprint density at radius 3 is 2.69 bits per heavy atom. The van der Waals surface area contributed by atoms with Crippen LogP contribution in [0, 0.1) is 11.7 Å². The molecule has 1 aromatic carbocycles. The molecule has 1 aromatic heterocycles. The molecular weight excluding hydrogens is 405 g/mol. The Morgan fingerprint density at radius 2 is 2.03 bits per heavy atom. The van der Waals surface area contributed by atoms with Gasteiger partial charge in [0.25, 0.3) is 0 Å². The topological polar surface area (TPSA) is 37.4 Å². The summed E-state index contributed by atoms with van der Waals surface area (Å²) in [5.41, 5.74) is 2.70. The van der Waals surface area contributed by atoms with Gasteiger partial charge in [0.1, 0.15) is 5.82 Å². The summed E-state index contributed by atoms with van der Waals surface area (Å²) in [5, 5.41) is 4.30. The number of likely N-dealkylation sites (tertiary alicyclic amines) is 1. The molecule has 0 radical (unpaired) electrons. The Bertz CT molecular complexity index is 921. The van der Waals surface area contributed by atoms with Crippen molar-refractivity contribution in [3.05, 3.63) is 63.6 Å². The second kappa shape index (κ2) is 8.94. The Morgan fingerprint density at radius 1 is 1.24 bits per heavy atom. The number of thiophene rings is 1. The van der Waals surface area contributed by atoms with Crippen molar-refractivity contribution in [1.82, 2.24) is 4.90 Å². The molecule has 2 fully saturated rings. The molecule has 2 unspecified atom stereocenters. The number of Topliss-reactive ketones (excluding diaryl/α,β-unsaturated/α-hetero) is 1. The highest BCUT2D eigenvalue weighted by Crippen LogP contribution is 2.40. The third-order valence-corrected chi connectivity index (χ3v) is 7.35. The Balaban J connectivity index is 1.66. The summed E-state index contributed by atoms with van der Waals surface area (Å²) in [4.78, 5) is 27.0. The Kier molecular flexibility index (Phi) is 6.32. The third-order valence-electron chi connectivity index (χ3n) is 5.50. The minimum atomic E-state index is -0.558. The number of benzene rings is 1. The Labute approximate surface area is 179 Å². The molecule has 1 aliphatic heterocycles. The Hall–Kier alpha value is -1.76. The van der Waals surface area contributed by atoms with Crippen LogP contribution >= 0.6 is 23.1 Å². The summed E-state index contributed by atoms with van der Waals surface area (Å²) in [6, 6.07) is 8.12. The normalized spacial score (nSPS) is 22.6. The highest BCUT2D eigenvalue weighted by atomic mass is 32.2. The van der Waals surface area contributed by atoms with Crippen molar-refractivity contribution in [3.63, 3.8) is 0 Å². The number of piperidine rings is 1. The van der Waals surface area contributed by atoms with E-state index in [2.05, 4.69) is 22.4 Å². The largest absolute Gasteiger partial charge is 0.297 e. The fourth-order valence-corrected chi connectivity index (χ4v) is 5.50. The predicted molar refractivity (Wildman–Crippen MR) is 117 cm³/mol. The molecule has 2 aliphatic rings. The van der Waals surface area contributed by atoms with E-state index in [1.165, 1.54) is 17.8 Å². The lowest BCUT2D eigenvalue weighted by atomic mass is 9.93. The number of hydrogen-bond donors (Lipinski definition) is 0. The minimum Gasteiger partial charge on any atom is -0.297 e. The van der Waals surface area contributed by atoms with Crippen LogP contribution in [-0.2, 0) is 9.59 Å². The molecule has 3 nitrogen and oxygen atoms in total. The highest BCUT2D eigenvalue weighted by Gasteiger charge is 2.41. The highest BCUT2D eigenvalue weighted by molar-refractivity contribution is 8.14. The number of hydrogen-bond acceptors (Lipinski definition) is 5. The summed E-state index contributed by atoms with van der Waals surface area (Å²) in [7, 11) is 0. The van der Waals surface area contributed by atoms with Crippen molar-refractivity contribution in [2.75, 3.05) is 13.1 Å². The molecule has 0 amide bonds. The second-order valence-electron chi connectivity index (χ2n) is 7.73. The van der Waals surface area contributed by atoms with Gasteiger partial charge in [-0.2, -0.15) is 11.3 Å². The first kappa shape index (κ1) is 20.5. The van der Waals surface area contributed by atoms with Crippen molar-refractivity contribution in [3.8, 4) is 0 Å². The van der Waals surface area contributed by atoms with Crippen LogP contribution in [0.2, 0.25) is 0 Å².